The standard InChI is InChI=1S/C19H19N3O4/c1-25-19(24)16-9-14-11-21(7-4-8-22(14)20-16)10-13-12-26-17-6-3-2-5-15(17)18(13)23/h2-3,5-6,9,12H,4,7-8,10-11H2,1H3. The van der Waals surface area contributed by atoms with Crippen molar-refractivity contribution in [1.82, 2.24) is 14.7 Å². The third kappa shape index (κ3) is 3.01. The van der Waals surface area contributed by atoms with Gasteiger partial charge in [-0.25, -0.2) is 4.79 Å². The summed E-state index contributed by atoms with van der Waals surface area (Å²) in [5, 5.41) is 4.91. The van der Waals surface area contributed by atoms with E-state index in [9.17, 15) is 9.59 Å². The molecule has 26 heavy (non-hydrogen) atoms. The van der Waals surface area contributed by atoms with Crippen LogP contribution in [0.2, 0.25) is 0 Å². The summed E-state index contributed by atoms with van der Waals surface area (Å²) in [6.45, 7) is 2.67. The van der Waals surface area contributed by atoms with Crippen LogP contribution in [0.1, 0.15) is 28.2 Å². The number of aryl methyl sites for hydroxylation is 1. The molecule has 0 amide bonds. The van der Waals surface area contributed by atoms with Crippen molar-refractivity contribution in [2.45, 2.75) is 26.1 Å². The quantitative estimate of drug-likeness (QED) is 0.672. The van der Waals surface area contributed by atoms with Crippen molar-refractivity contribution in [3.8, 4) is 0 Å². The number of carbonyl (C=O) groups excluding carboxylic acids is 1. The molecule has 134 valence electrons. The Hall–Kier alpha value is -2.93. The fraction of sp³-hybridized carbons (Fsp3) is 0.316. The number of rotatable bonds is 3. The van der Waals surface area contributed by atoms with Gasteiger partial charge < -0.3 is 9.15 Å². The first kappa shape index (κ1) is 16.5. The van der Waals surface area contributed by atoms with Crippen LogP contribution in [-0.4, -0.2) is 34.3 Å². The van der Waals surface area contributed by atoms with Crippen LogP contribution in [0, 0.1) is 0 Å². The molecule has 1 aromatic carbocycles. The van der Waals surface area contributed by atoms with Gasteiger partial charge in [0.15, 0.2) is 11.1 Å². The first-order valence-electron chi connectivity index (χ1n) is 8.52. The Kier molecular flexibility index (Phi) is 4.30. The van der Waals surface area contributed by atoms with Crippen LogP contribution in [-0.2, 0) is 24.4 Å². The third-order valence-corrected chi connectivity index (χ3v) is 4.63. The normalized spacial score (nSPS) is 14.8. The number of methoxy groups -OCH3 is 1. The van der Waals surface area contributed by atoms with Crippen molar-refractivity contribution in [1.29, 1.82) is 0 Å². The van der Waals surface area contributed by atoms with Crippen molar-refractivity contribution >= 4 is 16.9 Å². The molecule has 0 N–H and O–H groups in total. The van der Waals surface area contributed by atoms with Gasteiger partial charge in [-0.2, -0.15) is 5.10 Å². The maximum Gasteiger partial charge on any atom is 0.358 e. The Morgan fingerprint density at radius 2 is 2.15 bits per heavy atom. The van der Waals surface area contributed by atoms with Crippen molar-refractivity contribution < 1.29 is 13.9 Å². The Morgan fingerprint density at radius 1 is 1.31 bits per heavy atom. The molecule has 7 heteroatoms. The summed E-state index contributed by atoms with van der Waals surface area (Å²) in [6.07, 6.45) is 2.43. The fourth-order valence-corrected chi connectivity index (χ4v) is 3.34. The number of aromatic nitrogens is 2. The monoisotopic (exact) mass is 353 g/mol. The molecule has 7 nitrogen and oxygen atoms in total. The molecule has 4 rings (SSSR count). The van der Waals surface area contributed by atoms with Gasteiger partial charge in [-0.05, 0) is 24.6 Å². The smallest absolute Gasteiger partial charge is 0.358 e. The Balaban J connectivity index is 1.59. The predicted molar refractivity (Wildman–Crippen MR) is 94.8 cm³/mol. The number of hydrogen-bond acceptors (Lipinski definition) is 6. The van der Waals surface area contributed by atoms with Gasteiger partial charge in [0.2, 0.25) is 0 Å². The van der Waals surface area contributed by atoms with E-state index in [4.69, 9.17) is 9.15 Å². The molecule has 0 saturated carbocycles. The molecule has 2 aromatic heterocycles. The van der Waals surface area contributed by atoms with Crippen LogP contribution >= 0.6 is 0 Å². The maximum absolute atomic E-state index is 12.7. The number of nitrogens with zero attached hydrogens (tertiary/aromatic N) is 3. The highest BCUT2D eigenvalue weighted by molar-refractivity contribution is 5.87. The summed E-state index contributed by atoms with van der Waals surface area (Å²) >= 11 is 0. The van der Waals surface area contributed by atoms with Crippen LogP contribution in [0.5, 0.6) is 0 Å². The predicted octanol–water partition coefficient (Wildman–Crippen LogP) is 2.18. The minimum Gasteiger partial charge on any atom is -0.464 e. The van der Waals surface area contributed by atoms with Gasteiger partial charge >= 0.3 is 5.97 Å². The van der Waals surface area contributed by atoms with E-state index in [0.29, 0.717) is 35.3 Å². The van der Waals surface area contributed by atoms with Gasteiger partial charge in [0.05, 0.1) is 24.5 Å². The first-order valence-corrected chi connectivity index (χ1v) is 8.52. The highest BCUT2D eigenvalue weighted by Gasteiger charge is 2.21. The molecule has 0 atom stereocenters. The molecule has 0 saturated heterocycles. The van der Waals surface area contributed by atoms with Gasteiger partial charge in [0.1, 0.15) is 5.58 Å². The molecular weight excluding hydrogens is 334 g/mol. The summed E-state index contributed by atoms with van der Waals surface area (Å²) in [5.74, 6) is -0.438. The largest absolute Gasteiger partial charge is 0.464 e. The molecule has 0 bridgehead atoms. The van der Waals surface area contributed by atoms with Crippen molar-refractivity contribution in [2.24, 2.45) is 0 Å². The minimum absolute atomic E-state index is 0.000135. The number of ether oxygens (including phenoxy) is 1. The third-order valence-electron chi connectivity index (χ3n) is 4.63. The summed E-state index contributed by atoms with van der Waals surface area (Å²) in [6, 6.07) is 9.01. The van der Waals surface area contributed by atoms with E-state index in [1.54, 1.807) is 24.5 Å². The molecule has 1 aliphatic heterocycles. The number of benzene rings is 1. The lowest BCUT2D eigenvalue weighted by Crippen LogP contribution is -2.26. The SMILES string of the molecule is COC(=O)c1cc2n(n1)CCCN(Cc1coc3ccccc3c1=O)C2. The van der Waals surface area contributed by atoms with Crippen LogP contribution in [0.4, 0.5) is 0 Å². The molecular formula is C19H19N3O4. The highest BCUT2D eigenvalue weighted by Crippen LogP contribution is 2.17. The molecule has 0 spiro atoms. The molecule has 1 aliphatic rings. The number of para-hydroxylation sites is 1. The van der Waals surface area contributed by atoms with Crippen molar-refractivity contribution in [3.63, 3.8) is 0 Å². The van der Waals surface area contributed by atoms with E-state index in [-0.39, 0.29) is 5.43 Å². The molecule has 0 aliphatic carbocycles. The van der Waals surface area contributed by atoms with Gasteiger partial charge in [-0.15, -0.1) is 0 Å². The maximum atomic E-state index is 12.7. The Morgan fingerprint density at radius 3 is 3.00 bits per heavy atom. The zero-order valence-corrected chi connectivity index (χ0v) is 14.5. The number of esters is 1. The number of carbonyl (C=O) groups is 1. The summed E-state index contributed by atoms with van der Waals surface area (Å²) in [4.78, 5) is 26.6. The second-order valence-corrected chi connectivity index (χ2v) is 6.39. The molecule has 0 fully saturated rings. The van der Waals surface area contributed by atoms with Crippen molar-refractivity contribution in [3.05, 3.63) is 63.8 Å². The van der Waals surface area contributed by atoms with E-state index in [1.165, 1.54) is 7.11 Å². The van der Waals surface area contributed by atoms with Crippen LogP contribution in [0.3, 0.4) is 0 Å². The minimum atomic E-state index is -0.438. The van der Waals surface area contributed by atoms with E-state index in [2.05, 4.69) is 10.00 Å². The zero-order valence-electron chi connectivity index (χ0n) is 14.5. The van der Waals surface area contributed by atoms with E-state index < -0.39 is 5.97 Å². The average molecular weight is 353 g/mol. The van der Waals surface area contributed by atoms with Gasteiger partial charge in [-0.3, -0.25) is 14.4 Å². The van der Waals surface area contributed by atoms with E-state index in [1.807, 2.05) is 16.8 Å². The summed E-state index contributed by atoms with van der Waals surface area (Å²) in [5.41, 5.74) is 2.48. The van der Waals surface area contributed by atoms with E-state index >= 15 is 0 Å². The second-order valence-electron chi connectivity index (χ2n) is 6.39. The van der Waals surface area contributed by atoms with Crippen LogP contribution in [0.25, 0.3) is 11.0 Å². The Labute approximate surface area is 149 Å². The second kappa shape index (κ2) is 6.76. The molecule has 0 radical (unpaired) electrons. The lowest BCUT2D eigenvalue weighted by molar-refractivity contribution is 0.0593. The highest BCUT2D eigenvalue weighted by atomic mass is 16.5. The number of fused-ring (bicyclic) bond motifs is 2. The molecule has 3 aromatic rings. The van der Waals surface area contributed by atoms with E-state index in [0.717, 1.165) is 25.2 Å². The average Bonchev–Trinajstić information content (AvgIpc) is 2.96. The van der Waals surface area contributed by atoms with Crippen molar-refractivity contribution in [2.75, 3.05) is 13.7 Å². The van der Waals surface area contributed by atoms with Crippen LogP contribution < -0.4 is 5.43 Å². The number of hydrogen-bond donors (Lipinski definition) is 0. The Bertz CT molecular complexity index is 1020. The zero-order chi connectivity index (χ0) is 18.1. The van der Waals surface area contributed by atoms with Gasteiger partial charge in [0.25, 0.3) is 0 Å². The van der Waals surface area contributed by atoms with Gasteiger partial charge in [-0.1, -0.05) is 12.1 Å². The fourth-order valence-electron chi connectivity index (χ4n) is 3.34. The molecule has 3 heterocycles. The summed E-state index contributed by atoms with van der Waals surface area (Å²) < 4.78 is 12.2. The first-order chi connectivity index (χ1) is 12.7. The van der Waals surface area contributed by atoms with Crippen LogP contribution in [0.15, 0.2) is 45.8 Å². The molecule has 0 unspecified atom stereocenters. The lowest BCUT2D eigenvalue weighted by Gasteiger charge is -2.18. The summed E-state index contributed by atoms with van der Waals surface area (Å²) in [7, 11) is 1.35. The van der Waals surface area contributed by atoms with Gasteiger partial charge in [0, 0.05) is 31.7 Å². The topological polar surface area (TPSA) is 77.6 Å². The lowest BCUT2D eigenvalue weighted by atomic mass is 10.1.